The number of rotatable bonds is 6. The van der Waals surface area contributed by atoms with Gasteiger partial charge in [0.15, 0.2) is 8.32 Å². The van der Waals surface area contributed by atoms with Crippen molar-refractivity contribution < 1.29 is 9.53 Å². The lowest BCUT2D eigenvalue weighted by Crippen LogP contribution is -2.43. The summed E-state index contributed by atoms with van der Waals surface area (Å²) in [6, 6.07) is 0. The van der Waals surface area contributed by atoms with Crippen molar-refractivity contribution in [2.45, 2.75) is 58.9 Å². The zero-order chi connectivity index (χ0) is 13.9. The Morgan fingerprint density at radius 1 is 1.29 bits per heavy atom. The first-order chi connectivity index (χ1) is 7.53. The molecule has 2 nitrogen and oxygen atoms in total. The highest BCUT2D eigenvalue weighted by atomic mass is 28.4. The Morgan fingerprint density at radius 2 is 1.76 bits per heavy atom. The summed E-state index contributed by atoms with van der Waals surface area (Å²) in [5, 5.41) is 10.3. The van der Waals surface area contributed by atoms with Gasteiger partial charge < -0.3 is 9.53 Å². The maximum atomic E-state index is 10.1. The third kappa shape index (κ3) is 4.94. The van der Waals surface area contributed by atoms with Crippen LogP contribution < -0.4 is 0 Å². The van der Waals surface area contributed by atoms with E-state index < -0.39 is 8.32 Å². The summed E-state index contributed by atoms with van der Waals surface area (Å²) >= 11 is 0. The maximum Gasteiger partial charge on any atom is 0.191 e. The van der Waals surface area contributed by atoms with Crippen LogP contribution in [0.4, 0.5) is 0 Å². The topological polar surface area (TPSA) is 29.5 Å². The molecule has 0 fully saturated rings. The van der Waals surface area contributed by atoms with Gasteiger partial charge in [-0.25, -0.2) is 0 Å². The Kier molecular flexibility index (Phi) is 6.12. The second-order valence-corrected chi connectivity index (χ2v) is 11.4. The van der Waals surface area contributed by atoms with Crippen LogP contribution in [0.3, 0.4) is 0 Å². The van der Waals surface area contributed by atoms with Gasteiger partial charge in [-0.2, -0.15) is 0 Å². The summed E-state index contributed by atoms with van der Waals surface area (Å²) in [5.74, 6) is 0.269. The molecule has 0 aromatic heterocycles. The highest BCUT2D eigenvalue weighted by Crippen LogP contribution is 2.37. The van der Waals surface area contributed by atoms with Crippen molar-refractivity contribution in [1.82, 2.24) is 0 Å². The standard InChI is InChI=1S/C14H30O2Si/c1-9-11(2)13(15)12(3)10-16-17(7,8)14(4,5)6/h9,11-13,15H,1,10H2,2-8H3/t11-,12+,13-/m1/s1. The van der Waals surface area contributed by atoms with Gasteiger partial charge >= 0.3 is 0 Å². The number of hydrogen-bond donors (Lipinski definition) is 1. The van der Waals surface area contributed by atoms with Gasteiger partial charge in [-0.1, -0.05) is 40.7 Å². The zero-order valence-corrected chi connectivity index (χ0v) is 13.6. The molecule has 0 aliphatic heterocycles. The molecule has 17 heavy (non-hydrogen) atoms. The minimum Gasteiger partial charge on any atom is -0.416 e. The van der Waals surface area contributed by atoms with Crippen molar-refractivity contribution >= 4 is 8.32 Å². The van der Waals surface area contributed by atoms with E-state index in [1.807, 2.05) is 13.8 Å². The number of aliphatic hydroxyl groups excluding tert-OH is 1. The average molecular weight is 258 g/mol. The monoisotopic (exact) mass is 258 g/mol. The van der Waals surface area contributed by atoms with E-state index in [2.05, 4.69) is 40.4 Å². The van der Waals surface area contributed by atoms with Crippen molar-refractivity contribution in [2.75, 3.05) is 6.61 Å². The highest BCUT2D eigenvalue weighted by Gasteiger charge is 2.37. The Balaban J connectivity index is 4.34. The SMILES string of the molecule is C=C[C@@H](C)[C@@H](O)[C@@H](C)CO[Si](C)(C)C(C)(C)C. The molecule has 0 aliphatic carbocycles. The predicted molar refractivity (Wildman–Crippen MR) is 77.7 cm³/mol. The van der Waals surface area contributed by atoms with Gasteiger partial charge in [0.1, 0.15) is 0 Å². The minimum absolute atomic E-state index is 0.119. The smallest absolute Gasteiger partial charge is 0.191 e. The average Bonchev–Trinajstić information content (AvgIpc) is 2.22. The fourth-order valence-corrected chi connectivity index (χ4v) is 2.43. The van der Waals surface area contributed by atoms with Gasteiger partial charge in [0.2, 0.25) is 0 Å². The number of aliphatic hydroxyl groups is 1. The van der Waals surface area contributed by atoms with Crippen LogP contribution in [0.1, 0.15) is 34.6 Å². The zero-order valence-electron chi connectivity index (χ0n) is 12.6. The molecule has 0 aromatic carbocycles. The fourth-order valence-electron chi connectivity index (χ4n) is 1.31. The third-order valence-corrected chi connectivity index (χ3v) is 8.51. The van der Waals surface area contributed by atoms with Gasteiger partial charge in [-0.05, 0) is 18.1 Å². The normalized spacial score (nSPS) is 18.6. The van der Waals surface area contributed by atoms with Crippen LogP contribution in [0, 0.1) is 11.8 Å². The summed E-state index contributed by atoms with van der Waals surface area (Å²) in [4.78, 5) is 0. The molecule has 1 N–H and O–H groups in total. The van der Waals surface area contributed by atoms with Gasteiger partial charge in [0.05, 0.1) is 6.10 Å². The maximum absolute atomic E-state index is 10.1. The lowest BCUT2D eigenvalue weighted by molar-refractivity contribution is 0.0540. The van der Waals surface area contributed by atoms with Crippen LogP contribution >= 0.6 is 0 Å². The molecule has 0 heterocycles. The van der Waals surface area contributed by atoms with E-state index >= 15 is 0 Å². The molecular formula is C14H30O2Si. The molecule has 0 aromatic rings. The first kappa shape index (κ1) is 16.9. The van der Waals surface area contributed by atoms with Crippen molar-refractivity contribution in [3.8, 4) is 0 Å². The summed E-state index contributed by atoms with van der Waals surface area (Å²) in [6.45, 7) is 19.5. The molecule has 0 saturated carbocycles. The quantitative estimate of drug-likeness (QED) is 0.579. The first-order valence-electron chi connectivity index (χ1n) is 6.47. The van der Waals surface area contributed by atoms with Gasteiger partial charge in [0, 0.05) is 18.4 Å². The fraction of sp³-hybridized carbons (Fsp3) is 0.857. The van der Waals surface area contributed by atoms with Gasteiger partial charge in [0.25, 0.3) is 0 Å². The lowest BCUT2D eigenvalue weighted by Gasteiger charge is -2.37. The summed E-state index contributed by atoms with van der Waals surface area (Å²) in [6.07, 6.45) is 1.44. The van der Waals surface area contributed by atoms with Crippen molar-refractivity contribution in [3.05, 3.63) is 12.7 Å². The van der Waals surface area contributed by atoms with Gasteiger partial charge in [-0.3, -0.25) is 0 Å². The van der Waals surface area contributed by atoms with E-state index in [-0.39, 0.29) is 23.0 Å². The van der Waals surface area contributed by atoms with Crippen LogP contribution in [0.2, 0.25) is 18.1 Å². The molecule has 0 unspecified atom stereocenters. The molecular weight excluding hydrogens is 228 g/mol. The molecule has 0 rings (SSSR count). The van der Waals surface area contributed by atoms with Crippen molar-refractivity contribution in [1.29, 1.82) is 0 Å². The number of hydrogen-bond acceptors (Lipinski definition) is 2. The van der Waals surface area contributed by atoms with Crippen LogP contribution in [-0.2, 0) is 4.43 Å². The molecule has 0 spiro atoms. The van der Waals surface area contributed by atoms with Crippen molar-refractivity contribution in [2.24, 2.45) is 11.8 Å². The molecule has 0 aliphatic rings. The molecule has 0 saturated heterocycles. The Morgan fingerprint density at radius 3 is 2.12 bits per heavy atom. The molecule has 0 radical (unpaired) electrons. The minimum atomic E-state index is -1.70. The lowest BCUT2D eigenvalue weighted by atomic mass is 9.94. The van der Waals surface area contributed by atoms with E-state index in [1.54, 1.807) is 6.08 Å². The Labute approximate surface area is 108 Å². The van der Waals surface area contributed by atoms with Gasteiger partial charge in [-0.15, -0.1) is 6.58 Å². The summed E-state index contributed by atoms with van der Waals surface area (Å²) < 4.78 is 6.12. The molecule has 0 bridgehead atoms. The largest absolute Gasteiger partial charge is 0.416 e. The van der Waals surface area contributed by atoms with Crippen LogP contribution in [0.25, 0.3) is 0 Å². The van der Waals surface area contributed by atoms with Crippen LogP contribution in [0.5, 0.6) is 0 Å². The summed E-state index contributed by atoms with van der Waals surface area (Å²) in [7, 11) is -1.70. The second-order valence-electron chi connectivity index (χ2n) is 6.63. The Bertz CT molecular complexity index is 243. The van der Waals surface area contributed by atoms with E-state index in [1.165, 1.54) is 0 Å². The molecule has 102 valence electrons. The van der Waals surface area contributed by atoms with E-state index in [0.29, 0.717) is 6.61 Å². The predicted octanol–water partition coefficient (Wildman–Crippen LogP) is 3.83. The first-order valence-corrected chi connectivity index (χ1v) is 9.38. The van der Waals surface area contributed by atoms with Crippen LogP contribution in [0.15, 0.2) is 12.7 Å². The summed E-state index contributed by atoms with van der Waals surface area (Å²) in [5.41, 5.74) is 0. The van der Waals surface area contributed by atoms with E-state index in [4.69, 9.17) is 4.43 Å². The molecule has 3 heteroatoms. The van der Waals surface area contributed by atoms with E-state index in [0.717, 1.165) is 0 Å². The second kappa shape index (κ2) is 6.16. The van der Waals surface area contributed by atoms with Crippen LogP contribution in [-0.4, -0.2) is 26.1 Å². The molecule has 0 amide bonds. The third-order valence-electron chi connectivity index (χ3n) is 4.01. The highest BCUT2D eigenvalue weighted by molar-refractivity contribution is 6.74. The Hall–Kier alpha value is -0.123. The van der Waals surface area contributed by atoms with Crippen molar-refractivity contribution in [3.63, 3.8) is 0 Å². The molecule has 3 atom stereocenters. The van der Waals surface area contributed by atoms with E-state index in [9.17, 15) is 5.11 Å².